The Bertz CT molecular complexity index is 282. The molecule has 1 aromatic carbocycles. The van der Waals surface area contributed by atoms with Gasteiger partial charge >= 0.3 is 5.97 Å². The quantitative estimate of drug-likeness (QED) is 0.854. The van der Waals surface area contributed by atoms with Crippen LogP contribution in [0.25, 0.3) is 0 Å². The van der Waals surface area contributed by atoms with E-state index in [0.29, 0.717) is 6.61 Å². The number of ether oxygens (including phenoxy) is 1. The van der Waals surface area contributed by atoms with E-state index < -0.39 is 12.1 Å². The van der Waals surface area contributed by atoms with Gasteiger partial charge in [0, 0.05) is 0 Å². The second-order valence-electron chi connectivity index (χ2n) is 3.48. The fraction of sp³-hybridized carbons (Fsp3) is 0.462. The summed E-state index contributed by atoms with van der Waals surface area (Å²) in [7, 11) is 0. The Morgan fingerprint density at radius 2 is 1.81 bits per heavy atom. The molecular formula is C13H20O3. The van der Waals surface area contributed by atoms with E-state index in [-0.39, 0.29) is 0 Å². The third kappa shape index (κ3) is 7.01. The number of carboxylic acids is 1. The van der Waals surface area contributed by atoms with Crippen molar-refractivity contribution in [3.8, 4) is 0 Å². The monoisotopic (exact) mass is 224 g/mol. The van der Waals surface area contributed by atoms with E-state index in [2.05, 4.69) is 13.8 Å². The van der Waals surface area contributed by atoms with Crippen molar-refractivity contribution in [3.05, 3.63) is 35.9 Å². The molecule has 0 spiro atoms. The Morgan fingerprint density at radius 3 is 2.25 bits per heavy atom. The maximum absolute atomic E-state index is 10.4. The van der Waals surface area contributed by atoms with Gasteiger partial charge in [0.1, 0.15) is 0 Å². The van der Waals surface area contributed by atoms with Gasteiger partial charge in [-0.1, -0.05) is 50.6 Å². The van der Waals surface area contributed by atoms with E-state index in [1.165, 1.54) is 13.3 Å². The minimum absolute atomic E-state index is 0.342. The SMILES string of the molecule is CC(OCc1ccccc1)C(=O)O.CCC. The molecule has 3 heteroatoms. The van der Waals surface area contributed by atoms with E-state index >= 15 is 0 Å². The molecule has 0 bridgehead atoms. The molecule has 0 saturated carbocycles. The van der Waals surface area contributed by atoms with E-state index in [1.807, 2.05) is 30.3 Å². The predicted molar refractivity (Wildman–Crippen MR) is 64.3 cm³/mol. The molecule has 90 valence electrons. The van der Waals surface area contributed by atoms with Crippen LogP contribution in [0.3, 0.4) is 0 Å². The molecule has 0 radical (unpaired) electrons. The molecule has 0 aliphatic heterocycles. The van der Waals surface area contributed by atoms with Gasteiger partial charge in [-0.25, -0.2) is 4.79 Å². The Kier molecular flexibility index (Phi) is 8.17. The first-order chi connectivity index (χ1) is 7.61. The fourth-order valence-corrected chi connectivity index (χ4v) is 0.867. The number of carbonyl (C=O) groups is 1. The largest absolute Gasteiger partial charge is 0.479 e. The predicted octanol–water partition coefficient (Wildman–Crippen LogP) is 3.09. The van der Waals surface area contributed by atoms with Crippen LogP contribution in [0.5, 0.6) is 0 Å². The average Bonchev–Trinajstić information content (AvgIpc) is 2.28. The summed E-state index contributed by atoms with van der Waals surface area (Å²) < 4.78 is 5.09. The molecule has 3 nitrogen and oxygen atoms in total. The van der Waals surface area contributed by atoms with Gasteiger partial charge in [-0.05, 0) is 12.5 Å². The van der Waals surface area contributed by atoms with Crippen LogP contribution in [-0.2, 0) is 16.1 Å². The summed E-state index contributed by atoms with van der Waals surface area (Å²) in [6, 6.07) is 9.49. The molecule has 1 aromatic rings. The molecule has 1 rings (SSSR count). The van der Waals surface area contributed by atoms with Crippen molar-refractivity contribution in [2.24, 2.45) is 0 Å². The summed E-state index contributed by atoms with van der Waals surface area (Å²) in [5.74, 6) is -0.934. The number of benzene rings is 1. The average molecular weight is 224 g/mol. The zero-order valence-electron chi connectivity index (χ0n) is 10.1. The fourth-order valence-electron chi connectivity index (χ4n) is 0.867. The van der Waals surface area contributed by atoms with Crippen LogP contribution in [0.4, 0.5) is 0 Å². The first-order valence-corrected chi connectivity index (χ1v) is 5.50. The number of carboxylic acid groups (broad SMARTS) is 1. The molecular weight excluding hydrogens is 204 g/mol. The van der Waals surface area contributed by atoms with Crippen molar-refractivity contribution >= 4 is 5.97 Å². The van der Waals surface area contributed by atoms with Crippen LogP contribution >= 0.6 is 0 Å². The lowest BCUT2D eigenvalue weighted by Gasteiger charge is -2.07. The van der Waals surface area contributed by atoms with Crippen LogP contribution in [0, 0.1) is 0 Å². The van der Waals surface area contributed by atoms with Crippen molar-refractivity contribution < 1.29 is 14.6 Å². The van der Waals surface area contributed by atoms with E-state index in [9.17, 15) is 4.79 Å². The van der Waals surface area contributed by atoms with Gasteiger partial charge in [0.15, 0.2) is 6.10 Å². The molecule has 1 N–H and O–H groups in total. The molecule has 16 heavy (non-hydrogen) atoms. The number of aliphatic carboxylic acids is 1. The number of hydrogen-bond acceptors (Lipinski definition) is 2. The Hall–Kier alpha value is -1.35. The maximum atomic E-state index is 10.4. The first-order valence-electron chi connectivity index (χ1n) is 5.50. The normalized spacial score (nSPS) is 11.2. The summed E-state index contributed by atoms with van der Waals surface area (Å²) in [6.07, 6.45) is 0.500. The van der Waals surface area contributed by atoms with Gasteiger partial charge < -0.3 is 9.84 Å². The van der Waals surface area contributed by atoms with Crippen LogP contribution in [-0.4, -0.2) is 17.2 Å². The van der Waals surface area contributed by atoms with Gasteiger partial charge in [-0.15, -0.1) is 0 Å². The first kappa shape index (κ1) is 14.6. The maximum Gasteiger partial charge on any atom is 0.332 e. The van der Waals surface area contributed by atoms with E-state index in [0.717, 1.165) is 5.56 Å². The molecule has 1 atom stereocenters. The summed E-state index contributed by atoms with van der Waals surface area (Å²) >= 11 is 0. The second kappa shape index (κ2) is 8.92. The van der Waals surface area contributed by atoms with Gasteiger partial charge in [-0.3, -0.25) is 0 Å². The van der Waals surface area contributed by atoms with Crippen LogP contribution in [0.2, 0.25) is 0 Å². The molecule has 0 saturated heterocycles. The van der Waals surface area contributed by atoms with Crippen molar-refractivity contribution in [2.75, 3.05) is 0 Å². The molecule has 0 aliphatic rings. The second-order valence-corrected chi connectivity index (χ2v) is 3.48. The Morgan fingerprint density at radius 1 is 1.31 bits per heavy atom. The zero-order valence-corrected chi connectivity index (χ0v) is 10.1. The van der Waals surface area contributed by atoms with Gasteiger partial charge in [-0.2, -0.15) is 0 Å². The van der Waals surface area contributed by atoms with Crippen LogP contribution in [0.15, 0.2) is 30.3 Å². The highest BCUT2D eigenvalue weighted by Gasteiger charge is 2.10. The van der Waals surface area contributed by atoms with Gasteiger partial charge in [0.05, 0.1) is 6.61 Å². The van der Waals surface area contributed by atoms with E-state index in [1.54, 1.807) is 0 Å². The highest BCUT2D eigenvalue weighted by atomic mass is 16.5. The summed E-state index contributed by atoms with van der Waals surface area (Å²) in [6.45, 7) is 6.11. The van der Waals surface area contributed by atoms with Crippen molar-refractivity contribution in [1.29, 1.82) is 0 Å². The third-order valence-electron chi connectivity index (χ3n) is 1.69. The minimum atomic E-state index is -0.934. The smallest absolute Gasteiger partial charge is 0.332 e. The lowest BCUT2D eigenvalue weighted by Crippen LogP contribution is -2.19. The molecule has 0 aliphatic carbocycles. The summed E-state index contributed by atoms with van der Waals surface area (Å²) in [5, 5.41) is 8.54. The van der Waals surface area contributed by atoms with Crippen LogP contribution < -0.4 is 0 Å². The van der Waals surface area contributed by atoms with E-state index in [4.69, 9.17) is 9.84 Å². The van der Waals surface area contributed by atoms with Crippen molar-refractivity contribution in [2.45, 2.75) is 39.9 Å². The molecule has 0 aromatic heterocycles. The Balaban J connectivity index is 0.000000673. The van der Waals surface area contributed by atoms with Crippen molar-refractivity contribution in [3.63, 3.8) is 0 Å². The summed E-state index contributed by atoms with van der Waals surface area (Å²) in [4.78, 5) is 10.4. The van der Waals surface area contributed by atoms with Crippen LogP contribution in [0.1, 0.15) is 32.8 Å². The number of hydrogen-bond donors (Lipinski definition) is 1. The highest BCUT2D eigenvalue weighted by Crippen LogP contribution is 2.02. The molecule has 0 fully saturated rings. The topological polar surface area (TPSA) is 46.5 Å². The van der Waals surface area contributed by atoms with Gasteiger partial charge in [0.25, 0.3) is 0 Å². The Labute approximate surface area is 97.1 Å². The molecule has 0 amide bonds. The highest BCUT2D eigenvalue weighted by molar-refractivity contribution is 5.71. The van der Waals surface area contributed by atoms with Crippen molar-refractivity contribution in [1.82, 2.24) is 0 Å². The molecule has 0 heterocycles. The zero-order chi connectivity index (χ0) is 12.4. The lowest BCUT2D eigenvalue weighted by molar-refractivity contribution is -0.149. The minimum Gasteiger partial charge on any atom is -0.479 e. The van der Waals surface area contributed by atoms with Gasteiger partial charge in [0.2, 0.25) is 0 Å². The lowest BCUT2D eigenvalue weighted by atomic mass is 10.2. The number of rotatable bonds is 4. The molecule has 1 unspecified atom stereocenters. The standard InChI is InChI=1S/C10H12O3.C3H8/c1-8(10(11)12)13-7-9-5-3-2-4-6-9;1-3-2/h2-6,8H,7H2,1H3,(H,11,12);3H2,1-2H3. The summed E-state index contributed by atoms with van der Waals surface area (Å²) in [5.41, 5.74) is 0.982. The third-order valence-corrected chi connectivity index (χ3v) is 1.69.